The number of allylic oxidation sites excluding steroid dienone is 1. The number of ketones is 2. The van der Waals surface area contributed by atoms with Gasteiger partial charge in [-0.25, -0.2) is 0 Å². The summed E-state index contributed by atoms with van der Waals surface area (Å²) in [7, 11) is 0. The van der Waals surface area contributed by atoms with Crippen LogP contribution in [-0.4, -0.2) is 22.6 Å². The van der Waals surface area contributed by atoms with Gasteiger partial charge in [0.1, 0.15) is 5.75 Å². The molecule has 2 aliphatic rings. The van der Waals surface area contributed by atoms with Gasteiger partial charge >= 0.3 is 0 Å². The van der Waals surface area contributed by atoms with Crippen LogP contribution in [0.5, 0.6) is 5.75 Å². The Kier molecular flexibility index (Phi) is 3.10. The number of phenols is 1. The minimum atomic E-state index is -0.964. The topological polar surface area (TPSA) is 97.5 Å². The Morgan fingerprint density at radius 1 is 1.29 bits per heavy atom. The molecule has 21 heavy (non-hydrogen) atoms. The molecule has 0 aromatic heterocycles. The predicted octanol–water partition coefficient (Wildman–Crippen LogP) is 1.40. The standard InChI is InChI=1S/C15H12ClNO4/c16-9-3-4-10(18)12-8(9)5-6-1-2-7(15(17)21)13(19)11(6)14(12)20/h2-4,6,11,18H,1,5H2,(H2,17,21). The Hall–Kier alpha value is -2.14. The number of carbonyl (C=O) groups excluding carboxylic acids is 3. The van der Waals surface area contributed by atoms with E-state index in [1.165, 1.54) is 18.2 Å². The molecule has 3 N–H and O–H groups in total. The summed E-state index contributed by atoms with van der Waals surface area (Å²) < 4.78 is 0. The molecule has 0 saturated heterocycles. The van der Waals surface area contributed by atoms with Crippen molar-refractivity contribution in [3.8, 4) is 5.75 Å². The zero-order valence-electron chi connectivity index (χ0n) is 10.9. The van der Waals surface area contributed by atoms with Gasteiger partial charge in [0.2, 0.25) is 0 Å². The van der Waals surface area contributed by atoms with Crippen molar-refractivity contribution in [1.82, 2.24) is 0 Å². The number of amides is 1. The fourth-order valence-corrected chi connectivity index (χ4v) is 3.38. The molecule has 0 saturated carbocycles. The van der Waals surface area contributed by atoms with Crippen molar-refractivity contribution in [2.24, 2.45) is 17.6 Å². The summed E-state index contributed by atoms with van der Waals surface area (Å²) in [5, 5.41) is 10.3. The van der Waals surface area contributed by atoms with Crippen molar-refractivity contribution in [1.29, 1.82) is 0 Å². The fourth-order valence-electron chi connectivity index (χ4n) is 3.15. The third-order valence-corrected chi connectivity index (χ3v) is 4.49. The maximum atomic E-state index is 12.6. The second kappa shape index (κ2) is 4.70. The van der Waals surface area contributed by atoms with E-state index in [1.807, 2.05) is 0 Å². The quantitative estimate of drug-likeness (QED) is 0.605. The van der Waals surface area contributed by atoms with Gasteiger partial charge in [-0.2, -0.15) is 0 Å². The number of benzene rings is 1. The van der Waals surface area contributed by atoms with Crippen LogP contribution in [-0.2, 0) is 16.0 Å². The van der Waals surface area contributed by atoms with Crippen molar-refractivity contribution in [3.63, 3.8) is 0 Å². The number of nitrogens with two attached hydrogens (primary N) is 1. The molecule has 5 nitrogen and oxygen atoms in total. The summed E-state index contributed by atoms with van der Waals surface area (Å²) in [6.45, 7) is 0. The van der Waals surface area contributed by atoms with Gasteiger partial charge < -0.3 is 10.8 Å². The average molecular weight is 306 g/mol. The summed E-state index contributed by atoms with van der Waals surface area (Å²) in [5.74, 6) is -3.28. The number of fused-ring (bicyclic) bond motifs is 2. The number of hydrogen-bond acceptors (Lipinski definition) is 4. The SMILES string of the molecule is NC(=O)C1=CCC2Cc3c(Cl)ccc(O)c3C(=O)C2C1=O. The first-order valence-corrected chi connectivity index (χ1v) is 6.88. The Morgan fingerprint density at radius 3 is 2.67 bits per heavy atom. The maximum Gasteiger partial charge on any atom is 0.252 e. The van der Waals surface area contributed by atoms with E-state index in [2.05, 4.69) is 0 Å². The number of rotatable bonds is 1. The number of Topliss-reactive ketones (excluding diaryl/α,β-unsaturated/α-hetero) is 2. The van der Waals surface area contributed by atoms with Crippen LogP contribution in [0.3, 0.4) is 0 Å². The molecule has 2 atom stereocenters. The van der Waals surface area contributed by atoms with Crippen molar-refractivity contribution < 1.29 is 19.5 Å². The Bertz CT molecular complexity index is 723. The van der Waals surface area contributed by atoms with Gasteiger partial charge in [-0.05, 0) is 36.5 Å². The molecule has 1 aromatic carbocycles. The second-order valence-corrected chi connectivity index (χ2v) is 5.72. The van der Waals surface area contributed by atoms with Crippen LogP contribution in [0, 0.1) is 11.8 Å². The molecule has 3 rings (SSSR count). The van der Waals surface area contributed by atoms with Crippen molar-refractivity contribution in [2.45, 2.75) is 12.8 Å². The van der Waals surface area contributed by atoms with E-state index in [1.54, 1.807) is 0 Å². The van der Waals surface area contributed by atoms with Crippen LogP contribution >= 0.6 is 11.6 Å². The largest absolute Gasteiger partial charge is 0.507 e. The van der Waals surface area contributed by atoms with Gasteiger partial charge in [0.05, 0.1) is 17.1 Å². The smallest absolute Gasteiger partial charge is 0.252 e. The lowest BCUT2D eigenvalue weighted by Crippen LogP contribution is -2.42. The highest BCUT2D eigenvalue weighted by Crippen LogP contribution is 2.42. The van der Waals surface area contributed by atoms with Crippen LogP contribution in [0.2, 0.25) is 5.02 Å². The minimum Gasteiger partial charge on any atom is -0.507 e. The van der Waals surface area contributed by atoms with Crippen LogP contribution in [0.1, 0.15) is 22.3 Å². The van der Waals surface area contributed by atoms with E-state index < -0.39 is 23.4 Å². The first-order valence-electron chi connectivity index (χ1n) is 6.50. The maximum absolute atomic E-state index is 12.6. The van der Waals surface area contributed by atoms with E-state index in [9.17, 15) is 19.5 Å². The third-order valence-electron chi connectivity index (χ3n) is 4.14. The van der Waals surface area contributed by atoms with E-state index in [-0.39, 0.29) is 22.8 Å². The predicted molar refractivity (Wildman–Crippen MR) is 75.0 cm³/mol. The van der Waals surface area contributed by atoms with Crippen LogP contribution in [0.25, 0.3) is 0 Å². The molecule has 2 aliphatic carbocycles. The molecule has 108 valence electrons. The van der Waals surface area contributed by atoms with Gasteiger partial charge in [0, 0.05) is 5.02 Å². The third kappa shape index (κ3) is 1.96. The Balaban J connectivity index is 2.12. The van der Waals surface area contributed by atoms with E-state index in [0.717, 1.165) is 0 Å². The lowest BCUT2D eigenvalue weighted by molar-refractivity contribution is -0.123. The zero-order chi connectivity index (χ0) is 15.3. The molecule has 0 spiro atoms. The molecular formula is C15H12ClNO4. The number of hydrogen-bond donors (Lipinski definition) is 2. The average Bonchev–Trinajstić information content (AvgIpc) is 2.42. The van der Waals surface area contributed by atoms with Crippen LogP contribution in [0.15, 0.2) is 23.8 Å². The number of primary amides is 1. The lowest BCUT2D eigenvalue weighted by atomic mass is 9.67. The molecule has 1 amide bonds. The molecular weight excluding hydrogens is 294 g/mol. The fraction of sp³-hybridized carbons (Fsp3) is 0.267. The summed E-state index contributed by atoms with van der Waals surface area (Å²) in [5.41, 5.74) is 5.68. The van der Waals surface area contributed by atoms with Crippen molar-refractivity contribution in [3.05, 3.63) is 39.9 Å². The lowest BCUT2D eigenvalue weighted by Gasteiger charge is -2.33. The molecule has 2 unspecified atom stereocenters. The summed E-state index contributed by atoms with van der Waals surface area (Å²) >= 11 is 6.09. The van der Waals surface area contributed by atoms with Gasteiger partial charge in [-0.1, -0.05) is 17.7 Å². The Labute approximate surface area is 125 Å². The van der Waals surface area contributed by atoms with E-state index in [0.29, 0.717) is 23.4 Å². The molecule has 0 heterocycles. The number of carbonyl (C=O) groups is 3. The van der Waals surface area contributed by atoms with Gasteiger partial charge in [-0.15, -0.1) is 0 Å². The van der Waals surface area contributed by atoms with Crippen LogP contribution in [0.4, 0.5) is 0 Å². The Morgan fingerprint density at radius 2 is 2.00 bits per heavy atom. The van der Waals surface area contributed by atoms with Gasteiger partial charge in [0.15, 0.2) is 11.6 Å². The number of aromatic hydroxyl groups is 1. The molecule has 0 fully saturated rings. The molecule has 0 radical (unpaired) electrons. The van der Waals surface area contributed by atoms with Crippen LogP contribution < -0.4 is 5.73 Å². The minimum absolute atomic E-state index is 0.0859. The molecule has 6 heteroatoms. The van der Waals surface area contributed by atoms with Crippen molar-refractivity contribution >= 4 is 29.1 Å². The van der Waals surface area contributed by atoms with Crippen molar-refractivity contribution in [2.75, 3.05) is 0 Å². The van der Waals surface area contributed by atoms with E-state index in [4.69, 9.17) is 17.3 Å². The van der Waals surface area contributed by atoms with Gasteiger partial charge in [-0.3, -0.25) is 14.4 Å². The monoisotopic (exact) mass is 305 g/mol. The highest BCUT2D eigenvalue weighted by atomic mass is 35.5. The first kappa shape index (κ1) is 13.8. The number of phenolic OH excluding ortho intramolecular Hbond substituents is 1. The summed E-state index contributed by atoms with van der Waals surface area (Å²) in [6, 6.07) is 2.86. The zero-order valence-corrected chi connectivity index (χ0v) is 11.7. The first-order chi connectivity index (χ1) is 9.91. The normalized spacial score (nSPS) is 24.1. The molecule has 1 aromatic rings. The molecule has 0 bridgehead atoms. The highest BCUT2D eigenvalue weighted by Gasteiger charge is 2.45. The molecule has 0 aliphatic heterocycles. The van der Waals surface area contributed by atoms with E-state index >= 15 is 0 Å². The highest BCUT2D eigenvalue weighted by molar-refractivity contribution is 6.33. The summed E-state index contributed by atoms with van der Waals surface area (Å²) in [6.07, 6.45) is 2.31. The second-order valence-electron chi connectivity index (χ2n) is 5.31. The number of halogens is 1. The summed E-state index contributed by atoms with van der Waals surface area (Å²) in [4.78, 5) is 36.2. The van der Waals surface area contributed by atoms with Gasteiger partial charge in [0.25, 0.3) is 5.91 Å².